The van der Waals surface area contributed by atoms with Gasteiger partial charge in [0.15, 0.2) is 5.75 Å². The van der Waals surface area contributed by atoms with E-state index in [2.05, 4.69) is 10.1 Å². The number of rotatable bonds is 4. The van der Waals surface area contributed by atoms with Crippen molar-refractivity contribution in [1.82, 2.24) is 14.8 Å². The Bertz CT molecular complexity index is 605. The van der Waals surface area contributed by atoms with E-state index in [9.17, 15) is 4.79 Å². The van der Waals surface area contributed by atoms with Crippen molar-refractivity contribution in [1.29, 1.82) is 0 Å². The van der Waals surface area contributed by atoms with E-state index in [1.807, 2.05) is 13.8 Å². The van der Waals surface area contributed by atoms with Crippen LogP contribution in [-0.4, -0.2) is 25.8 Å². The molecule has 0 fully saturated rings. The number of aryl methyl sites for hydroxylation is 1. The molecule has 2 aromatic heterocycles. The van der Waals surface area contributed by atoms with Gasteiger partial charge < -0.3 is 9.84 Å². The quantitative estimate of drug-likeness (QED) is 0.915. The number of pyridine rings is 1. The minimum Gasteiger partial charge on any atom is -0.478 e. The van der Waals surface area contributed by atoms with E-state index in [0.29, 0.717) is 17.3 Å². The Morgan fingerprint density at radius 1 is 1.42 bits per heavy atom. The first-order valence-corrected chi connectivity index (χ1v) is 5.90. The van der Waals surface area contributed by atoms with Gasteiger partial charge in [-0.05, 0) is 26.8 Å². The lowest BCUT2D eigenvalue weighted by Gasteiger charge is -2.05. The van der Waals surface area contributed by atoms with Gasteiger partial charge in [-0.3, -0.25) is 4.68 Å². The van der Waals surface area contributed by atoms with Crippen LogP contribution in [0.5, 0.6) is 11.6 Å². The summed E-state index contributed by atoms with van der Waals surface area (Å²) < 4.78 is 7.31. The Labute approximate surface area is 110 Å². The van der Waals surface area contributed by atoms with Crippen LogP contribution in [0.15, 0.2) is 24.5 Å². The summed E-state index contributed by atoms with van der Waals surface area (Å²) in [5.74, 6) is -0.0707. The normalized spacial score (nSPS) is 10.7. The molecule has 2 aromatic rings. The summed E-state index contributed by atoms with van der Waals surface area (Å²) in [6, 6.07) is 3.26. The second-order valence-electron chi connectivity index (χ2n) is 4.44. The Balaban J connectivity index is 2.19. The molecule has 0 saturated heterocycles. The first kappa shape index (κ1) is 13.1. The number of carboxylic acids is 1. The van der Waals surface area contributed by atoms with Crippen molar-refractivity contribution in [2.75, 3.05) is 0 Å². The van der Waals surface area contributed by atoms with Crippen LogP contribution in [0, 0.1) is 6.92 Å². The van der Waals surface area contributed by atoms with Crippen LogP contribution in [0.25, 0.3) is 0 Å². The van der Waals surface area contributed by atoms with Crippen molar-refractivity contribution >= 4 is 5.97 Å². The van der Waals surface area contributed by atoms with Crippen LogP contribution < -0.4 is 4.74 Å². The number of nitrogens with zero attached hydrogens (tertiary/aromatic N) is 3. The van der Waals surface area contributed by atoms with Gasteiger partial charge in [-0.25, -0.2) is 9.78 Å². The molecule has 6 nitrogen and oxygen atoms in total. The minimum absolute atomic E-state index is 0.172. The van der Waals surface area contributed by atoms with E-state index in [1.54, 1.807) is 24.0 Å². The molecule has 2 rings (SSSR count). The number of carbonyl (C=O) groups is 1. The SMILES string of the molecule is Cc1nc(Oc2cnn(C(C)C)c2)ccc1C(=O)O. The zero-order valence-corrected chi connectivity index (χ0v) is 11.0. The molecule has 19 heavy (non-hydrogen) atoms. The molecule has 0 aliphatic heterocycles. The van der Waals surface area contributed by atoms with Gasteiger partial charge in [-0.2, -0.15) is 5.10 Å². The first-order chi connectivity index (χ1) is 8.97. The minimum atomic E-state index is -0.996. The third kappa shape index (κ3) is 2.90. The van der Waals surface area contributed by atoms with Crippen LogP contribution in [0.4, 0.5) is 0 Å². The average Bonchev–Trinajstić information content (AvgIpc) is 2.77. The summed E-state index contributed by atoms with van der Waals surface area (Å²) in [7, 11) is 0. The van der Waals surface area contributed by atoms with Crippen LogP contribution in [0.1, 0.15) is 35.9 Å². The predicted molar refractivity (Wildman–Crippen MR) is 68.6 cm³/mol. The highest BCUT2D eigenvalue weighted by atomic mass is 16.5. The molecule has 0 aliphatic rings. The summed E-state index contributed by atoms with van der Waals surface area (Å²) in [4.78, 5) is 15.0. The second-order valence-corrected chi connectivity index (χ2v) is 4.44. The van der Waals surface area contributed by atoms with E-state index in [4.69, 9.17) is 9.84 Å². The molecule has 0 amide bonds. The predicted octanol–water partition coefficient (Wildman–Crippen LogP) is 2.66. The fourth-order valence-corrected chi connectivity index (χ4v) is 1.60. The number of carboxylic acid groups (broad SMARTS) is 1. The van der Waals surface area contributed by atoms with E-state index < -0.39 is 5.97 Å². The zero-order valence-electron chi connectivity index (χ0n) is 11.0. The molecule has 6 heteroatoms. The van der Waals surface area contributed by atoms with Crippen molar-refractivity contribution in [2.45, 2.75) is 26.8 Å². The molecule has 0 unspecified atom stereocenters. The summed E-state index contributed by atoms with van der Waals surface area (Å²) in [6.07, 6.45) is 3.37. The maximum absolute atomic E-state index is 10.9. The van der Waals surface area contributed by atoms with Crippen molar-refractivity contribution in [2.24, 2.45) is 0 Å². The number of hydrogen-bond acceptors (Lipinski definition) is 4. The maximum Gasteiger partial charge on any atom is 0.337 e. The Morgan fingerprint density at radius 3 is 2.68 bits per heavy atom. The Morgan fingerprint density at radius 2 is 2.16 bits per heavy atom. The van der Waals surface area contributed by atoms with E-state index in [-0.39, 0.29) is 11.6 Å². The smallest absolute Gasteiger partial charge is 0.337 e. The van der Waals surface area contributed by atoms with Gasteiger partial charge in [0.25, 0.3) is 0 Å². The highest BCUT2D eigenvalue weighted by molar-refractivity contribution is 5.88. The second kappa shape index (κ2) is 5.09. The van der Waals surface area contributed by atoms with Crippen LogP contribution in [-0.2, 0) is 0 Å². The molecule has 0 spiro atoms. The molecule has 0 aliphatic carbocycles. The number of ether oxygens (including phenoxy) is 1. The van der Waals surface area contributed by atoms with Crippen molar-refractivity contribution in [3.8, 4) is 11.6 Å². The van der Waals surface area contributed by atoms with Crippen molar-refractivity contribution < 1.29 is 14.6 Å². The molecule has 2 heterocycles. The van der Waals surface area contributed by atoms with Crippen LogP contribution in [0.2, 0.25) is 0 Å². The molecule has 0 saturated carbocycles. The Hall–Kier alpha value is -2.37. The van der Waals surface area contributed by atoms with Gasteiger partial charge in [0.1, 0.15) is 0 Å². The molecule has 0 radical (unpaired) electrons. The zero-order chi connectivity index (χ0) is 14.0. The number of aromatic nitrogens is 3. The molecule has 1 N–H and O–H groups in total. The lowest BCUT2D eigenvalue weighted by molar-refractivity contribution is 0.0695. The lowest BCUT2D eigenvalue weighted by atomic mass is 10.2. The van der Waals surface area contributed by atoms with E-state index >= 15 is 0 Å². The molecular weight excluding hydrogens is 246 g/mol. The molecule has 0 aromatic carbocycles. The molecule has 0 atom stereocenters. The number of hydrogen-bond donors (Lipinski definition) is 1. The number of aromatic carboxylic acids is 1. The van der Waals surface area contributed by atoms with Gasteiger partial charge in [-0.15, -0.1) is 0 Å². The highest BCUT2D eigenvalue weighted by Gasteiger charge is 2.10. The highest BCUT2D eigenvalue weighted by Crippen LogP contribution is 2.21. The summed E-state index contributed by atoms with van der Waals surface area (Å²) in [5.41, 5.74) is 0.589. The lowest BCUT2D eigenvalue weighted by Crippen LogP contribution is -2.02. The molecule has 100 valence electrons. The van der Waals surface area contributed by atoms with Gasteiger partial charge in [0.05, 0.1) is 23.7 Å². The van der Waals surface area contributed by atoms with E-state index in [1.165, 1.54) is 12.1 Å². The van der Waals surface area contributed by atoms with Gasteiger partial charge in [0, 0.05) is 12.1 Å². The topological polar surface area (TPSA) is 77.2 Å². The fraction of sp³-hybridized carbons (Fsp3) is 0.308. The van der Waals surface area contributed by atoms with Gasteiger partial charge >= 0.3 is 5.97 Å². The third-order valence-corrected chi connectivity index (χ3v) is 2.62. The molecule has 0 bridgehead atoms. The summed E-state index contributed by atoms with van der Waals surface area (Å²) in [5, 5.41) is 13.1. The summed E-state index contributed by atoms with van der Waals surface area (Å²) in [6.45, 7) is 5.66. The summed E-state index contributed by atoms with van der Waals surface area (Å²) >= 11 is 0. The van der Waals surface area contributed by atoms with Crippen molar-refractivity contribution in [3.63, 3.8) is 0 Å². The van der Waals surface area contributed by atoms with E-state index in [0.717, 1.165) is 0 Å². The van der Waals surface area contributed by atoms with Gasteiger partial charge in [-0.1, -0.05) is 0 Å². The maximum atomic E-state index is 10.9. The van der Waals surface area contributed by atoms with Crippen LogP contribution >= 0.6 is 0 Å². The fourth-order valence-electron chi connectivity index (χ4n) is 1.60. The third-order valence-electron chi connectivity index (χ3n) is 2.62. The first-order valence-electron chi connectivity index (χ1n) is 5.90. The monoisotopic (exact) mass is 261 g/mol. The molecular formula is C13H15N3O3. The Kier molecular flexibility index (Phi) is 3.50. The van der Waals surface area contributed by atoms with Crippen LogP contribution in [0.3, 0.4) is 0 Å². The largest absolute Gasteiger partial charge is 0.478 e. The van der Waals surface area contributed by atoms with Gasteiger partial charge in [0.2, 0.25) is 5.88 Å². The average molecular weight is 261 g/mol. The van der Waals surface area contributed by atoms with Crippen molar-refractivity contribution in [3.05, 3.63) is 35.8 Å². The standard InChI is InChI=1S/C13H15N3O3/c1-8(2)16-7-10(6-14-16)19-12-5-4-11(13(17)18)9(3)15-12/h4-8H,1-3H3,(H,17,18).